The topological polar surface area (TPSA) is 84.9 Å². The van der Waals surface area contributed by atoms with E-state index >= 15 is 0 Å². The minimum Gasteiger partial charge on any atom is -0.486 e. The molecule has 0 atom stereocenters. The van der Waals surface area contributed by atoms with Gasteiger partial charge in [-0.25, -0.2) is 8.42 Å². The quantitative estimate of drug-likeness (QED) is 0.702. The number of carbonyl (C=O) groups is 1. The normalized spacial score (nSPS) is 18.7. The van der Waals surface area contributed by atoms with Gasteiger partial charge in [0.1, 0.15) is 13.2 Å². The smallest absolute Gasteiger partial charge is 0.243 e. The Morgan fingerprint density at radius 1 is 0.970 bits per heavy atom. The third-order valence-corrected chi connectivity index (χ3v) is 8.75. The molecule has 2 heterocycles. The standard InChI is InChI=1S/C25H30N2O5S/c28-25(26-11-8-18-4-7-23-24(16-18)32-15-14-31-23)20-9-12-27(13-10-20)33(29,30)22-6-5-19-2-1-3-21(19)17-22/h4-7,16-17,20H,1-3,8-15H2,(H,26,28). The van der Waals surface area contributed by atoms with Gasteiger partial charge in [0.25, 0.3) is 0 Å². The number of hydrogen-bond donors (Lipinski definition) is 1. The zero-order valence-corrected chi connectivity index (χ0v) is 19.5. The number of aryl methyl sites for hydroxylation is 2. The van der Waals surface area contributed by atoms with Crippen LogP contribution in [0.3, 0.4) is 0 Å². The van der Waals surface area contributed by atoms with Gasteiger partial charge in [0.05, 0.1) is 4.90 Å². The number of nitrogens with zero attached hydrogens (tertiary/aromatic N) is 1. The maximum absolute atomic E-state index is 13.1. The van der Waals surface area contributed by atoms with Crippen LogP contribution in [0, 0.1) is 5.92 Å². The van der Waals surface area contributed by atoms with Crippen LogP contribution in [-0.4, -0.2) is 51.5 Å². The van der Waals surface area contributed by atoms with Crippen LogP contribution in [0.1, 0.15) is 36.0 Å². The van der Waals surface area contributed by atoms with E-state index in [1.54, 1.807) is 6.07 Å². The Bertz CT molecular complexity index is 1140. The molecule has 1 saturated heterocycles. The molecule has 0 spiro atoms. The first-order valence-corrected chi connectivity index (χ1v) is 13.2. The summed E-state index contributed by atoms with van der Waals surface area (Å²) in [6.45, 7) is 2.40. The molecule has 0 saturated carbocycles. The molecular weight excluding hydrogens is 440 g/mol. The number of sulfonamides is 1. The molecule has 0 radical (unpaired) electrons. The summed E-state index contributed by atoms with van der Waals surface area (Å²) in [6, 6.07) is 11.4. The second kappa shape index (κ2) is 9.35. The Kier molecular flexibility index (Phi) is 6.29. The van der Waals surface area contributed by atoms with E-state index in [2.05, 4.69) is 5.32 Å². The van der Waals surface area contributed by atoms with Gasteiger partial charge in [-0.15, -0.1) is 0 Å². The van der Waals surface area contributed by atoms with Crippen LogP contribution in [0.15, 0.2) is 41.3 Å². The number of ether oxygens (including phenoxy) is 2. The minimum absolute atomic E-state index is 0.00196. The van der Waals surface area contributed by atoms with Gasteiger partial charge < -0.3 is 14.8 Å². The summed E-state index contributed by atoms with van der Waals surface area (Å²) >= 11 is 0. The molecule has 0 bridgehead atoms. The van der Waals surface area contributed by atoms with E-state index in [4.69, 9.17) is 9.47 Å². The Balaban J connectivity index is 1.11. The summed E-state index contributed by atoms with van der Waals surface area (Å²) in [5.74, 6) is 1.36. The monoisotopic (exact) mass is 470 g/mol. The van der Waals surface area contributed by atoms with Crippen LogP contribution >= 0.6 is 0 Å². The molecule has 2 aliphatic heterocycles. The molecule has 0 unspecified atom stereocenters. The third-order valence-electron chi connectivity index (χ3n) is 6.85. The van der Waals surface area contributed by atoms with E-state index in [9.17, 15) is 13.2 Å². The van der Waals surface area contributed by atoms with Crippen molar-refractivity contribution in [1.82, 2.24) is 9.62 Å². The Hall–Kier alpha value is -2.58. The molecule has 7 nitrogen and oxygen atoms in total. The van der Waals surface area contributed by atoms with E-state index in [1.165, 1.54) is 9.87 Å². The number of amides is 1. The fourth-order valence-electron chi connectivity index (χ4n) is 4.93. The van der Waals surface area contributed by atoms with Crippen LogP contribution < -0.4 is 14.8 Å². The van der Waals surface area contributed by atoms with Crippen molar-refractivity contribution in [2.24, 2.45) is 5.92 Å². The Labute approximate surface area is 195 Å². The third kappa shape index (κ3) is 4.73. The molecule has 5 rings (SSSR count). The lowest BCUT2D eigenvalue weighted by atomic mass is 9.97. The lowest BCUT2D eigenvalue weighted by molar-refractivity contribution is -0.126. The predicted molar refractivity (Wildman–Crippen MR) is 124 cm³/mol. The summed E-state index contributed by atoms with van der Waals surface area (Å²) in [6.07, 6.45) is 4.86. The maximum atomic E-state index is 13.1. The number of piperidine rings is 1. The minimum atomic E-state index is -3.51. The van der Waals surface area contributed by atoms with Crippen molar-refractivity contribution in [1.29, 1.82) is 0 Å². The molecule has 0 aromatic heterocycles. The number of rotatable bonds is 6. The molecule has 2 aromatic rings. The van der Waals surface area contributed by atoms with Crippen molar-refractivity contribution in [3.63, 3.8) is 0 Å². The van der Waals surface area contributed by atoms with Crippen molar-refractivity contribution in [3.8, 4) is 11.5 Å². The fourth-order valence-corrected chi connectivity index (χ4v) is 6.45. The summed E-state index contributed by atoms with van der Waals surface area (Å²) in [5.41, 5.74) is 3.50. The van der Waals surface area contributed by atoms with Crippen molar-refractivity contribution < 1.29 is 22.7 Å². The zero-order valence-electron chi connectivity index (χ0n) is 18.7. The summed E-state index contributed by atoms with van der Waals surface area (Å²) in [5, 5.41) is 3.02. The number of carbonyl (C=O) groups excluding carboxylic acids is 1. The zero-order chi connectivity index (χ0) is 22.8. The first-order valence-electron chi connectivity index (χ1n) is 11.8. The van der Waals surface area contributed by atoms with Gasteiger partial charge in [-0.05, 0) is 79.5 Å². The molecule has 1 amide bonds. The van der Waals surface area contributed by atoms with Crippen molar-refractivity contribution in [3.05, 3.63) is 53.1 Å². The predicted octanol–water partition coefficient (Wildman–Crippen LogP) is 2.71. The van der Waals surface area contributed by atoms with Crippen LogP contribution in [0.2, 0.25) is 0 Å². The number of benzene rings is 2. The van der Waals surface area contributed by atoms with Gasteiger partial charge in [0.15, 0.2) is 11.5 Å². The number of nitrogens with one attached hydrogen (secondary N) is 1. The maximum Gasteiger partial charge on any atom is 0.243 e. The van der Waals surface area contributed by atoms with Crippen LogP contribution in [0.5, 0.6) is 11.5 Å². The molecule has 3 aliphatic rings. The molecule has 2 aromatic carbocycles. The SMILES string of the molecule is O=C(NCCc1ccc2c(c1)OCCO2)C1CCN(S(=O)(=O)c2ccc3c(c2)CCC3)CC1. The second-order valence-electron chi connectivity index (χ2n) is 8.98. The van der Waals surface area contributed by atoms with Gasteiger partial charge in [-0.1, -0.05) is 12.1 Å². The van der Waals surface area contributed by atoms with Crippen LogP contribution in [-0.2, 0) is 34.1 Å². The highest BCUT2D eigenvalue weighted by molar-refractivity contribution is 7.89. The van der Waals surface area contributed by atoms with E-state index in [0.717, 1.165) is 41.9 Å². The van der Waals surface area contributed by atoms with Crippen LogP contribution in [0.25, 0.3) is 0 Å². The summed E-state index contributed by atoms with van der Waals surface area (Å²) < 4.78 is 38.9. The van der Waals surface area contributed by atoms with Gasteiger partial charge >= 0.3 is 0 Å². The molecule has 33 heavy (non-hydrogen) atoms. The summed E-state index contributed by atoms with van der Waals surface area (Å²) in [4.78, 5) is 13.0. The fraction of sp³-hybridized carbons (Fsp3) is 0.480. The lowest BCUT2D eigenvalue weighted by Crippen LogP contribution is -2.43. The van der Waals surface area contributed by atoms with E-state index < -0.39 is 10.0 Å². The first kappa shape index (κ1) is 22.2. The molecule has 1 N–H and O–H groups in total. The lowest BCUT2D eigenvalue weighted by Gasteiger charge is -2.30. The van der Waals surface area contributed by atoms with Crippen molar-refractivity contribution in [2.75, 3.05) is 32.8 Å². The van der Waals surface area contributed by atoms with E-state index in [-0.39, 0.29) is 11.8 Å². The average molecular weight is 471 g/mol. The molecule has 8 heteroatoms. The van der Waals surface area contributed by atoms with Crippen LogP contribution in [0.4, 0.5) is 0 Å². The summed E-state index contributed by atoms with van der Waals surface area (Å²) in [7, 11) is -3.51. The largest absolute Gasteiger partial charge is 0.486 e. The number of fused-ring (bicyclic) bond motifs is 2. The van der Waals surface area contributed by atoms with Gasteiger partial charge in [0, 0.05) is 25.6 Å². The molecule has 1 aliphatic carbocycles. The van der Waals surface area contributed by atoms with E-state index in [1.807, 2.05) is 30.3 Å². The molecule has 176 valence electrons. The first-order chi connectivity index (χ1) is 16.0. The highest BCUT2D eigenvalue weighted by atomic mass is 32.2. The van der Waals surface area contributed by atoms with Crippen molar-refractivity contribution in [2.45, 2.75) is 43.4 Å². The highest BCUT2D eigenvalue weighted by Crippen LogP contribution is 2.31. The van der Waals surface area contributed by atoms with E-state index in [0.29, 0.717) is 57.0 Å². The Morgan fingerprint density at radius 2 is 1.73 bits per heavy atom. The van der Waals surface area contributed by atoms with Gasteiger partial charge in [-0.3, -0.25) is 4.79 Å². The number of hydrogen-bond acceptors (Lipinski definition) is 5. The molecule has 1 fully saturated rings. The second-order valence-corrected chi connectivity index (χ2v) is 10.9. The average Bonchev–Trinajstić information content (AvgIpc) is 3.32. The molecular formula is C25H30N2O5S. The van der Waals surface area contributed by atoms with Gasteiger partial charge in [0.2, 0.25) is 15.9 Å². The highest BCUT2D eigenvalue weighted by Gasteiger charge is 2.32. The Morgan fingerprint density at radius 3 is 2.55 bits per heavy atom. The van der Waals surface area contributed by atoms with Crippen molar-refractivity contribution >= 4 is 15.9 Å². The van der Waals surface area contributed by atoms with Gasteiger partial charge in [-0.2, -0.15) is 4.31 Å².